The van der Waals surface area contributed by atoms with E-state index in [1.807, 2.05) is 0 Å². The molecule has 2 aromatic carbocycles. The first kappa shape index (κ1) is 21.0. The van der Waals surface area contributed by atoms with Gasteiger partial charge in [-0.1, -0.05) is 0 Å². The van der Waals surface area contributed by atoms with Crippen LogP contribution in [-0.4, -0.2) is 29.5 Å². The molecule has 0 fully saturated rings. The number of carbonyl (C=O) groups is 3. The van der Waals surface area contributed by atoms with E-state index in [0.717, 1.165) is 11.3 Å². The van der Waals surface area contributed by atoms with Crippen LogP contribution in [0.15, 0.2) is 42.5 Å². The third kappa shape index (κ3) is 4.37. The Kier molecular flexibility index (Phi) is 5.43. The molecule has 10 heteroatoms. The van der Waals surface area contributed by atoms with E-state index in [1.165, 1.54) is 18.3 Å². The number of hydrogen-bond donors (Lipinski definition) is 3. The predicted octanol–water partition coefficient (Wildman–Crippen LogP) is 3.75. The fourth-order valence-electron chi connectivity index (χ4n) is 3.81. The number of rotatable bonds is 5. The SMILES string of the molecule is CC(=O)Nc1ccc(NC(=O)C2CCc3sc(NC(=O)c4ccc5c(c4)OCO5)nc32)cc1. The summed E-state index contributed by atoms with van der Waals surface area (Å²) in [4.78, 5) is 42.2. The molecule has 1 unspecified atom stereocenters. The number of nitrogens with one attached hydrogen (secondary N) is 3. The van der Waals surface area contributed by atoms with Crippen LogP contribution in [0.25, 0.3) is 0 Å². The molecule has 3 aromatic rings. The van der Waals surface area contributed by atoms with Crippen molar-refractivity contribution in [3.8, 4) is 11.5 Å². The van der Waals surface area contributed by atoms with Gasteiger partial charge in [0.25, 0.3) is 5.91 Å². The van der Waals surface area contributed by atoms with Crippen molar-refractivity contribution in [1.82, 2.24) is 4.98 Å². The standard InChI is InChI=1S/C23H20N4O5S/c1-12(28)24-14-3-5-15(6-4-14)25-22(30)16-7-9-19-20(16)26-23(33-19)27-21(29)13-2-8-17-18(10-13)32-11-31-17/h2-6,8,10,16H,7,9,11H2,1H3,(H,24,28)(H,25,30)(H,26,27,29). The van der Waals surface area contributed by atoms with Crippen molar-refractivity contribution >= 4 is 45.6 Å². The second kappa shape index (κ2) is 8.55. The Morgan fingerprint density at radius 1 is 0.970 bits per heavy atom. The molecule has 33 heavy (non-hydrogen) atoms. The van der Waals surface area contributed by atoms with E-state index in [2.05, 4.69) is 20.9 Å². The monoisotopic (exact) mass is 464 g/mol. The van der Waals surface area contributed by atoms with Crippen molar-refractivity contribution in [3.05, 3.63) is 58.6 Å². The molecule has 1 aromatic heterocycles. The topological polar surface area (TPSA) is 119 Å². The summed E-state index contributed by atoms with van der Waals surface area (Å²) in [5, 5.41) is 8.87. The van der Waals surface area contributed by atoms with Crippen molar-refractivity contribution in [2.45, 2.75) is 25.7 Å². The van der Waals surface area contributed by atoms with Gasteiger partial charge in [-0.3, -0.25) is 19.7 Å². The summed E-state index contributed by atoms with van der Waals surface area (Å²) in [6, 6.07) is 11.9. The summed E-state index contributed by atoms with van der Waals surface area (Å²) in [5.74, 6) is 0.142. The van der Waals surface area contributed by atoms with Crippen LogP contribution in [-0.2, 0) is 16.0 Å². The third-order valence-electron chi connectivity index (χ3n) is 5.36. The van der Waals surface area contributed by atoms with Gasteiger partial charge in [0, 0.05) is 28.7 Å². The lowest BCUT2D eigenvalue weighted by Crippen LogP contribution is -2.20. The lowest BCUT2D eigenvalue weighted by atomic mass is 10.1. The van der Waals surface area contributed by atoms with Gasteiger partial charge in [0.1, 0.15) is 0 Å². The number of amides is 3. The molecule has 3 N–H and O–H groups in total. The molecular weight excluding hydrogens is 444 g/mol. The molecule has 0 saturated heterocycles. The lowest BCUT2D eigenvalue weighted by Gasteiger charge is -2.11. The van der Waals surface area contributed by atoms with Crippen LogP contribution in [0.5, 0.6) is 11.5 Å². The summed E-state index contributed by atoms with van der Waals surface area (Å²) in [6.07, 6.45) is 1.40. The highest BCUT2D eigenvalue weighted by Gasteiger charge is 2.33. The molecule has 168 valence electrons. The average molecular weight is 465 g/mol. The number of carbonyl (C=O) groups excluding carboxylic acids is 3. The first-order valence-electron chi connectivity index (χ1n) is 10.4. The van der Waals surface area contributed by atoms with Crippen LogP contribution >= 0.6 is 11.3 Å². The number of fused-ring (bicyclic) bond motifs is 2. The summed E-state index contributed by atoms with van der Waals surface area (Å²) in [5.41, 5.74) is 2.43. The van der Waals surface area contributed by atoms with Gasteiger partial charge in [0.05, 0.1) is 11.6 Å². The first-order valence-corrected chi connectivity index (χ1v) is 11.2. The molecule has 0 saturated carbocycles. The molecule has 2 heterocycles. The quantitative estimate of drug-likeness (QED) is 0.529. The number of ether oxygens (including phenoxy) is 2. The van der Waals surface area contributed by atoms with Gasteiger partial charge in [-0.05, 0) is 55.3 Å². The first-order chi connectivity index (χ1) is 16.0. The van der Waals surface area contributed by atoms with Gasteiger partial charge >= 0.3 is 0 Å². The lowest BCUT2D eigenvalue weighted by molar-refractivity contribution is -0.117. The average Bonchev–Trinajstić information content (AvgIpc) is 3.49. The number of aryl methyl sites for hydroxylation is 1. The normalized spacial score (nSPS) is 15.6. The number of nitrogens with zero attached hydrogens (tertiary/aromatic N) is 1. The highest BCUT2D eigenvalue weighted by molar-refractivity contribution is 7.16. The van der Waals surface area contributed by atoms with Crippen molar-refractivity contribution in [1.29, 1.82) is 0 Å². The zero-order valence-corrected chi connectivity index (χ0v) is 18.5. The van der Waals surface area contributed by atoms with E-state index in [9.17, 15) is 14.4 Å². The summed E-state index contributed by atoms with van der Waals surface area (Å²) >= 11 is 1.39. The van der Waals surface area contributed by atoms with Gasteiger partial charge in [0.15, 0.2) is 16.6 Å². The largest absolute Gasteiger partial charge is 0.454 e. The number of hydrogen-bond acceptors (Lipinski definition) is 7. The molecule has 1 atom stereocenters. The predicted molar refractivity (Wildman–Crippen MR) is 123 cm³/mol. The van der Waals surface area contributed by atoms with E-state index in [-0.39, 0.29) is 30.4 Å². The minimum Gasteiger partial charge on any atom is -0.454 e. The van der Waals surface area contributed by atoms with E-state index in [1.54, 1.807) is 42.5 Å². The Balaban J connectivity index is 1.25. The van der Waals surface area contributed by atoms with Gasteiger partial charge in [0.2, 0.25) is 18.6 Å². The van der Waals surface area contributed by atoms with Crippen molar-refractivity contribution in [2.24, 2.45) is 0 Å². The maximum atomic E-state index is 12.9. The Hall–Kier alpha value is -3.92. The van der Waals surface area contributed by atoms with Crippen LogP contribution in [0, 0.1) is 0 Å². The highest BCUT2D eigenvalue weighted by atomic mass is 32.1. The number of thiazole rings is 1. The van der Waals surface area contributed by atoms with Crippen LogP contribution in [0.2, 0.25) is 0 Å². The molecule has 0 bridgehead atoms. The van der Waals surface area contributed by atoms with E-state index < -0.39 is 0 Å². The van der Waals surface area contributed by atoms with E-state index >= 15 is 0 Å². The second-order valence-corrected chi connectivity index (χ2v) is 8.77. The Morgan fingerprint density at radius 2 is 1.70 bits per heavy atom. The Bertz CT molecular complexity index is 1250. The van der Waals surface area contributed by atoms with Gasteiger partial charge in [-0.15, -0.1) is 11.3 Å². The van der Waals surface area contributed by atoms with Gasteiger partial charge < -0.3 is 20.1 Å². The molecule has 9 nitrogen and oxygen atoms in total. The van der Waals surface area contributed by atoms with Crippen molar-refractivity contribution < 1.29 is 23.9 Å². The number of benzene rings is 2. The highest BCUT2D eigenvalue weighted by Crippen LogP contribution is 2.39. The molecule has 1 aliphatic heterocycles. The second-order valence-electron chi connectivity index (χ2n) is 7.69. The molecule has 3 amide bonds. The van der Waals surface area contributed by atoms with Crippen molar-refractivity contribution in [2.75, 3.05) is 22.7 Å². The maximum absolute atomic E-state index is 12.9. The molecular formula is C23H20N4O5S. The molecule has 0 radical (unpaired) electrons. The van der Waals surface area contributed by atoms with Crippen LogP contribution in [0.1, 0.15) is 40.2 Å². The zero-order valence-electron chi connectivity index (χ0n) is 17.6. The maximum Gasteiger partial charge on any atom is 0.257 e. The number of anilines is 3. The van der Waals surface area contributed by atoms with Crippen LogP contribution in [0.4, 0.5) is 16.5 Å². The van der Waals surface area contributed by atoms with Crippen LogP contribution in [0.3, 0.4) is 0 Å². The summed E-state index contributed by atoms with van der Waals surface area (Å²) in [6.45, 7) is 1.58. The zero-order chi connectivity index (χ0) is 22.9. The molecule has 2 aliphatic rings. The molecule has 1 aliphatic carbocycles. The van der Waals surface area contributed by atoms with E-state index in [0.29, 0.717) is 45.7 Å². The van der Waals surface area contributed by atoms with E-state index in [4.69, 9.17) is 9.47 Å². The fourth-order valence-corrected chi connectivity index (χ4v) is 4.85. The minimum absolute atomic E-state index is 0.141. The summed E-state index contributed by atoms with van der Waals surface area (Å²) in [7, 11) is 0. The smallest absolute Gasteiger partial charge is 0.257 e. The Labute approximate surface area is 193 Å². The third-order valence-corrected chi connectivity index (χ3v) is 6.41. The van der Waals surface area contributed by atoms with Gasteiger partial charge in [-0.2, -0.15) is 0 Å². The number of aromatic nitrogens is 1. The summed E-state index contributed by atoms with van der Waals surface area (Å²) < 4.78 is 10.6. The fraction of sp³-hybridized carbons (Fsp3) is 0.217. The van der Waals surface area contributed by atoms with Crippen LogP contribution < -0.4 is 25.4 Å². The molecule has 5 rings (SSSR count). The van der Waals surface area contributed by atoms with Gasteiger partial charge in [-0.25, -0.2) is 4.98 Å². The minimum atomic E-state index is -0.387. The molecule has 0 spiro atoms. The van der Waals surface area contributed by atoms with Crippen molar-refractivity contribution in [3.63, 3.8) is 0 Å². The Morgan fingerprint density at radius 3 is 2.45 bits per heavy atom.